The van der Waals surface area contributed by atoms with E-state index in [-0.39, 0.29) is 18.1 Å². The predicted molar refractivity (Wildman–Crippen MR) is 66.4 cm³/mol. The van der Waals surface area contributed by atoms with E-state index < -0.39 is 11.6 Å². The van der Waals surface area contributed by atoms with Gasteiger partial charge in [-0.05, 0) is 26.2 Å². The quantitative estimate of drug-likeness (QED) is 0.801. The zero-order valence-electron chi connectivity index (χ0n) is 10.5. The maximum atomic E-state index is 13.3. The Morgan fingerprint density at radius 3 is 2.72 bits per heavy atom. The average Bonchev–Trinajstić information content (AvgIpc) is 2.30. The SMILES string of the molecule is CNCCN(C)CC(=O)Nc1ccc(F)cc1F. The Balaban J connectivity index is 2.49. The van der Waals surface area contributed by atoms with Crippen molar-refractivity contribution in [1.29, 1.82) is 0 Å². The van der Waals surface area contributed by atoms with E-state index in [0.717, 1.165) is 18.7 Å². The molecule has 0 bridgehead atoms. The van der Waals surface area contributed by atoms with E-state index in [2.05, 4.69) is 10.6 Å². The summed E-state index contributed by atoms with van der Waals surface area (Å²) in [6.07, 6.45) is 0. The van der Waals surface area contributed by atoms with Gasteiger partial charge < -0.3 is 10.6 Å². The number of likely N-dealkylation sites (N-methyl/N-ethyl adjacent to an activating group) is 2. The molecule has 100 valence electrons. The highest BCUT2D eigenvalue weighted by molar-refractivity contribution is 5.92. The van der Waals surface area contributed by atoms with Gasteiger partial charge in [-0.2, -0.15) is 0 Å². The molecule has 4 nitrogen and oxygen atoms in total. The third kappa shape index (κ3) is 4.77. The van der Waals surface area contributed by atoms with Crippen LogP contribution in [0.25, 0.3) is 0 Å². The smallest absolute Gasteiger partial charge is 0.238 e. The van der Waals surface area contributed by atoms with Crippen molar-refractivity contribution in [1.82, 2.24) is 10.2 Å². The summed E-state index contributed by atoms with van der Waals surface area (Å²) in [4.78, 5) is 13.4. The molecule has 18 heavy (non-hydrogen) atoms. The highest BCUT2D eigenvalue weighted by Gasteiger charge is 2.09. The van der Waals surface area contributed by atoms with Gasteiger partial charge in [0.05, 0.1) is 12.2 Å². The van der Waals surface area contributed by atoms with E-state index in [4.69, 9.17) is 0 Å². The second-order valence-electron chi connectivity index (χ2n) is 4.01. The molecule has 0 heterocycles. The van der Waals surface area contributed by atoms with Crippen molar-refractivity contribution in [3.63, 3.8) is 0 Å². The topological polar surface area (TPSA) is 44.4 Å². The van der Waals surface area contributed by atoms with Crippen molar-refractivity contribution in [3.05, 3.63) is 29.8 Å². The van der Waals surface area contributed by atoms with Crippen LogP contribution in [-0.4, -0.2) is 44.5 Å². The first-order chi connectivity index (χ1) is 8.52. The minimum absolute atomic E-state index is 0.0107. The van der Waals surface area contributed by atoms with Gasteiger partial charge in [-0.25, -0.2) is 8.78 Å². The number of halogens is 2. The number of hydrogen-bond donors (Lipinski definition) is 2. The molecule has 0 fully saturated rings. The normalized spacial score (nSPS) is 10.7. The van der Waals surface area contributed by atoms with Gasteiger partial charge in [-0.1, -0.05) is 0 Å². The molecule has 0 saturated heterocycles. The van der Waals surface area contributed by atoms with Gasteiger partial charge in [-0.15, -0.1) is 0 Å². The third-order valence-corrected chi connectivity index (χ3v) is 2.36. The van der Waals surface area contributed by atoms with E-state index in [1.165, 1.54) is 6.07 Å². The summed E-state index contributed by atoms with van der Waals surface area (Å²) in [5.74, 6) is -1.78. The number of carbonyl (C=O) groups is 1. The monoisotopic (exact) mass is 257 g/mol. The molecule has 0 aliphatic rings. The molecule has 1 aromatic rings. The van der Waals surface area contributed by atoms with Gasteiger partial charge in [-0.3, -0.25) is 9.69 Å². The lowest BCUT2D eigenvalue weighted by Gasteiger charge is -2.16. The van der Waals surface area contributed by atoms with Gasteiger partial charge in [0, 0.05) is 19.2 Å². The number of nitrogens with zero attached hydrogens (tertiary/aromatic N) is 1. The average molecular weight is 257 g/mol. The molecule has 0 saturated carbocycles. The van der Waals surface area contributed by atoms with Crippen molar-refractivity contribution < 1.29 is 13.6 Å². The molecule has 0 spiro atoms. The van der Waals surface area contributed by atoms with Gasteiger partial charge in [0.2, 0.25) is 5.91 Å². The van der Waals surface area contributed by atoms with Crippen LogP contribution in [0.1, 0.15) is 0 Å². The number of carbonyl (C=O) groups excluding carboxylic acids is 1. The van der Waals surface area contributed by atoms with E-state index in [1.807, 2.05) is 7.05 Å². The second-order valence-corrected chi connectivity index (χ2v) is 4.01. The maximum absolute atomic E-state index is 13.3. The summed E-state index contributed by atoms with van der Waals surface area (Å²) in [7, 11) is 3.61. The van der Waals surface area contributed by atoms with Gasteiger partial charge in [0.25, 0.3) is 0 Å². The molecule has 0 aliphatic heterocycles. The van der Waals surface area contributed by atoms with Crippen LogP contribution in [0.15, 0.2) is 18.2 Å². The summed E-state index contributed by atoms with van der Waals surface area (Å²) < 4.78 is 25.9. The van der Waals surface area contributed by atoms with Crippen molar-refractivity contribution in [2.75, 3.05) is 39.0 Å². The summed E-state index contributed by atoms with van der Waals surface area (Å²) in [5.41, 5.74) is -0.0107. The van der Waals surface area contributed by atoms with Gasteiger partial charge >= 0.3 is 0 Å². The maximum Gasteiger partial charge on any atom is 0.238 e. The summed E-state index contributed by atoms with van der Waals surface area (Å²) in [5, 5.41) is 5.36. The molecule has 1 aromatic carbocycles. The molecule has 1 amide bonds. The van der Waals surface area contributed by atoms with Crippen LogP contribution in [0.2, 0.25) is 0 Å². The number of amides is 1. The number of benzene rings is 1. The van der Waals surface area contributed by atoms with Crippen LogP contribution >= 0.6 is 0 Å². The molecule has 0 atom stereocenters. The van der Waals surface area contributed by atoms with Crippen LogP contribution in [0.3, 0.4) is 0 Å². The zero-order valence-corrected chi connectivity index (χ0v) is 10.5. The molecular formula is C12H17F2N3O. The predicted octanol–water partition coefficient (Wildman–Crippen LogP) is 1.05. The van der Waals surface area contributed by atoms with Gasteiger partial charge in [0.15, 0.2) is 0 Å². The molecule has 1 rings (SSSR count). The number of anilines is 1. The summed E-state index contributed by atoms with van der Waals surface area (Å²) in [6.45, 7) is 1.61. The Morgan fingerprint density at radius 2 is 2.11 bits per heavy atom. The van der Waals surface area contributed by atoms with E-state index >= 15 is 0 Å². The molecular weight excluding hydrogens is 240 g/mol. The third-order valence-electron chi connectivity index (χ3n) is 2.36. The fourth-order valence-electron chi connectivity index (χ4n) is 1.41. The van der Waals surface area contributed by atoms with Crippen molar-refractivity contribution in [3.8, 4) is 0 Å². The largest absolute Gasteiger partial charge is 0.322 e. The molecule has 6 heteroatoms. The first-order valence-electron chi connectivity index (χ1n) is 5.61. The standard InChI is InChI=1S/C12H17F2N3O/c1-15-5-6-17(2)8-12(18)16-11-4-3-9(13)7-10(11)14/h3-4,7,15H,5-6,8H2,1-2H3,(H,16,18). The highest BCUT2D eigenvalue weighted by Crippen LogP contribution is 2.14. The van der Waals surface area contributed by atoms with Crippen molar-refractivity contribution in [2.45, 2.75) is 0 Å². The Bertz CT molecular complexity index is 412. The molecule has 0 radical (unpaired) electrons. The Morgan fingerprint density at radius 1 is 1.39 bits per heavy atom. The highest BCUT2D eigenvalue weighted by atomic mass is 19.1. The summed E-state index contributed by atoms with van der Waals surface area (Å²) >= 11 is 0. The fourth-order valence-corrected chi connectivity index (χ4v) is 1.41. The molecule has 0 aliphatic carbocycles. The Labute approximate surface area is 105 Å². The van der Waals surface area contributed by atoms with Crippen molar-refractivity contribution in [2.24, 2.45) is 0 Å². The summed E-state index contributed by atoms with van der Waals surface area (Å²) in [6, 6.07) is 3.04. The van der Waals surface area contributed by atoms with Gasteiger partial charge in [0.1, 0.15) is 11.6 Å². The van der Waals surface area contributed by atoms with E-state index in [1.54, 1.807) is 11.9 Å². The lowest BCUT2D eigenvalue weighted by atomic mass is 10.3. The Kier molecular flexibility index (Phi) is 5.67. The zero-order chi connectivity index (χ0) is 13.5. The minimum atomic E-state index is -0.777. The van der Waals surface area contributed by atoms with Crippen LogP contribution in [0, 0.1) is 11.6 Å². The van der Waals surface area contributed by atoms with E-state index in [0.29, 0.717) is 6.54 Å². The lowest BCUT2D eigenvalue weighted by molar-refractivity contribution is -0.117. The van der Waals surface area contributed by atoms with Crippen molar-refractivity contribution >= 4 is 11.6 Å². The number of nitrogens with one attached hydrogen (secondary N) is 2. The van der Waals surface area contributed by atoms with Crippen LogP contribution in [-0.2, 0) is 4.79 Å². The molecule has 0 unspecified atom stereocenters. The number of rotatable bonds is 6. The number of hydrogen-bond acceptors (Lipinski definition) is 3. The Hall–Kier alpha value is -1.53. The lowest BCUT2D eigenvalue weighted by Crippen LogP contribution is -2.34. The van der Waals surface area contributed by atoms with Crippen LogP contribution in [0.4, 0.5) is 14.5 Å². The van der Waals surface area contributed by atoms with Crippen LogP contribution < -0.4 is 10.6 Å². The molecule has 0 aromatic heterocycles. The van der Waals surface area contributed by atoms with Crippen LogP contribution in [0.5, 0.6) is 0 Å². The first kappa shape index (κ1) is 14.5. The second kappa shape index (κ2) is 7.03. The fraction of sp³-hybridized carbons (Fsp3) is 0.417. The minimum Gasteiger partial charge on any atom is -0.322 e. The molecule has 2 N–H and O–H groups in total. The first-order valence-corrected chi connectivity index (χ1v) is 5.61. The van der Waals surface area contributed by atoms with E-state index in [9.17, 15) is 13.6 Å².